The van der Waals surface area contributed by atoms with Gasteiger partial charge in [-0.05, 0) is 37.1 Å². The van der Waals surface area contributed by atoms with Crippen LogP contribution in [0.3, 0.4) is 0 Å². The third-order valence-corrected chi connectivity index (χ3v) is 3.48. The molecular weight excluding hydrogens is 262 g/mol. The summed E-state index contributed by atoms with van der Waals surface area (Å²) in [5.74, 6) is 0.820. The first kappa shape index (κ1) is 15.1. The van der Waals surface area contributed by atoms with Crippen LogP contribution in [0.15, 0.2) is 48.5 Å². The summed E-state index contributed by atoms with van der Waals surface area (Å²) in [6.45, 7) is 4.05. The molecule has 3 nitrogen and oxygen atoms in total. The minimum atomic E-state index is 0.0105. The van der Waals surface area contributed by atoms with Crippen molar-refractivity contribution >= 4 is 5.91 Å². The van der Waals surface area contributed by atoms with E-state index in [0.717, 1.165) is 16.9 Å². The van der Waals surface area contributed by atoms with Gasteiger partial charge in [0.05, 0.1) is 19.6 Å². The molecule has 110 valence electrons. The lowest BCUT2D eigenvalue weighted by molar-refractivity contribution is -0.121. The van der Waals surface area contributed by atoms with Crippen molar-refractivity contribution in [3.8, 4) is 5.75 Å². The zero-order valence-corrected chi connectivity index (χ0v) is 12.7. The zero-order valence-electron chi connectivity index (χ0n) is 12.7. The predicted octanol–water partition coefficient (Wildman–Crippen LogP) is 3.42. The minimum Gasteiger partial charge on any atom is -0.497 e. The third-order valence-electron chi connectivity index (χ3n) is 3.48. The van der Waals surface area contributed by atoms with Crippen molar-refractivity contribution in [2.24, 2.45) is 0 Å². The minimum absolute atomic E-state index is 0.0105. The highest BCUT2D eigenvalue weighted by molar-refractivity contribution is 5.79. The molecule has 2 aromatic carbocycles. The number of benzene rings is 2. The summed E-state index contributed by atoms with van der Waals surface area (Å²) in [6, 6.07) is 15.8. The summed E-state index contributed by atoms with van der Waals surface area (Å²) in [7, 11) is 1.63. The summed E-state index contributed by atoms with van der Waals surface area (Å²) >= 11 is 0. The molecule has 1 atom stereocenters. The Morgan fingerprint density at radius 1 is 1.10 bits per heavy atom. The van der Waals surface area contributed by atoms with Crippen LogP contribution < -0.4 is 10.1 Å². The van der Waals surface area contributed by atoms with Crippen LogP contribution in [0.1, 0.15) is 29.7 Å². The molecule has 0 saturated carbocycles. The van der Waals surface area contributed by atoms with Crippen LogP contribution in [0, 0.1) is 6.92 Å². The van der Waals surface area contributed by atoms with E-state index in [1.807, 2.05) is 43.3 Å². The summed E-state index contributed by atoms with van der Waals surface area (Å²) in [4.78, 5) is 12.1. The van der Waals surface area contributed by atoms with Gasteiger partial charge in [-0.3, -0.25) is 4.79 Å². The summed E-state index contributed by atoms with van der Waals surface area (Å²) < 4.78 is 5.11. The molecule has 1 amide bonds. The number of carbonyl (C=O) groups is 1. The SMILES string of the molecule is COc1ccc(CC(=O)N[C@H](C)c2ccc(C)cc2)cc1. The van der Waals surface area contributed by atoms with Gasteiger partial charge >= 0.3 is 0 Å². The largest absolute Gasteiger partial charge is 0.497 e. The standard InChI is InChI=1S/C18H21NO2/c1-13-4-8-16(9-5-13)14(2)19-18(20)12-15-6-10-17(21-3)11-7-15/h4-11,14H,12H2,1-3H3,(H,19,20)/t14-/m1/s1. The quantitative estimate of drug-likeness (QED) is 0.913. The number of aryl methyl sites for hydroxylation is 1. The molecule has 1 N–H and O–H groups in total. The smallest absolute Gasteiger partial charge is 0.224 e. The molecule has 0 unspecified atom stereocenters. The first-order valence-electron chi connectivity index (χ1n) is 7.07. The van der Waals surface area contributed by atoms with E-state index in [0.29, 0.717) is 6.42 Å². The van der Waals surface area contributed by atoms with Crippen LogP contribution in [-0.2, 0) is 11.2 Å². The highest BCUT2D eigenvalue weighted by Gasteiger charge is 2.10. The molecule has 0 aliphatic rings. The first-order chi connectivity index (χ1) is 10.1. The van der Waals surface area contributed by atoms with Gasteiger partial charge in [0.1, 0.15) is 5.75 Å². The number of nitrogens with one attached hydrogen (secondary N) is 1. The van der Waals surface area contributed by atoms with Crippen LogP contribution in [0.4, 0.5) is 0 Å². The Balaban J connectivity index is 1.92. The Morgan fingerprint density at radius 3 is 2.29 bits per heavy atom. The van der Waals surface area contributed by atoms with Crippen molar-refractivity contribution in [2.75, 3.05) is 7.11 Å². The van der Waals surface area contributed by atoms with Crippen LogP contribution in [-0.4, -0.2) is 13.0 Å². The average molecular weight is 283 g/mol. The van der Waals surface area contributed by atoms with Crippen molar-refractivity contribution in [3.05, 3.63) is 65.2 Å². The van der Waals surface area contributed by atoms with E-state index >= 15 is 0 Å². The van der Waals surface area contributed by atoms with Crippen molar-refractivity contribution in [1.29, 1.82) is 0 Å². The number of hydrogen-bond acceptors (Lipinski definition) is 2. The Morgan fingerprint density at radius 2 is 1.71 bits per heavy atom. The van der Waals surface area contributed by atoms with Crippen molar-refractivity contribution in [3.63, 3.8) is 0 Å². The van der Waals surface area contributed by atoms with Crippen molar-refractivity contribution < 1.29 is 9.53 Å². The van der Waals surface area contributed by atoms with Crippen LogP contribution in [0.2, 0.25) is 0 Å². The lowest BCUT2D eigenvalue weighted by Gasteiger charge is -2.14. The van der Waals surface area contributed by atoms with Gasteiger partial charge in [0.25, 0.3) is 0 Å². The van der Waals surface area contributed by atoms with Gasteiger partial charge < -0.3 is 10.1 Å². The number of hydrogen-bond donors (Lipinski definition) is 1. The lowest BCUT2D eigenvalue weighted by atomic mass is 10.1. The fraction of sp³-hybridized carbons (Fsp3) is 0.278. The molecule has 0 radical (unpaired) electrons. The Labute approximate surface area is 126 Å². The summed E-state index contributed by atoms with van der Waals surface area (Å²) in [5, 5.41) is 3.02. The van der Waals surface area contributed by atoms with Gasteiger partial charge in [-0.1, -0.05) is 42.0 Å². The normalized spacial score (nSPS) is 11.8. The Hall–Kier alpha value is -2.29. The second kappa shape index (κ2) is 6.93. The maximum Gasteiger partial charge on any atom is 0.224 e. The van der Waals surface area contributed by atoms with E-state index < -0.39 is 0 Å². The van der Waals surface area contributed by atoms with Crippen molar-refractivity contribution in [1.82, 2.24) is 5.32 Å². The number of ether oxygens (including phenoxy) is 1. The van der Waals surface area contributed by atoms with Gasteiger partial charge in [0.15, 0.2) is 0 Å². The Kier molecular flexibility index (Phi) is 4.99. The fourth-order valence-corrected chi connectivity index (χ4v) is 2.16. The second-order valence-corrected chi connectivity index (χ2v) is 5.22. The average Bonchev–Trinajstić information content (AvgIpc) is 2.48. The zero-order chi connectivity index (χ0) is 15.2. The molecule has 2 rings (SSSR count). The van der Waals surface area contributed by atoms with Crippen LogP contribution >= 0.6 is 0 Å². The maximum atomic E-state index is 12.1. The molecule has 0 saturated heterocycles. The van der Waals surface area contributed by atoms with E-state index in [9.17, 15) is 4.79 Å². The fourth-order valence-electron chi connectivity index (χ4n) is 2.16. The molecule has 3 heteroatoms. The van der Waals surface area contributed by atoms with Crippen LogP contribution in [0.25, 0.3) is 0 Å². The molecule has 0 spiro atoms. The number of carbonyl (C=O) groups excluding carboxylic acids is 1. The van der Waals surface area contributed by atoms with E-state index in [4.69, 9.17) is 4.74 Å². The predicted molar refractivity (Wildman–Crippen MR) is 84.4 cm³/mol. The van der Waals surface area contributed by atoms with Gasteiger partial charge in [-0.15, -0.1) is 0 Å². The van der Waals surface area contributed by atoms with E-state index in [-0.39, 0.29) is 11.9 Å². The third kappa shape index (κ3) is 4.35. The molecule has 2 aromatic rings. The lowest BCUT2D eigenvalue weighted by Crippen LogP contribution is -2.28. The molecule has 0 aliphatic heterocycles. The summed E-state index contributed by atoms with van der Waals surface area (Å²) in [6.07, 6.45) is 0.375. The topological polar surface area (TPSA) is 38.3 Å². The molecule has 0 bridgehead atoms. The molecular formula is C18H21NO2. The molecule has 0 aliphatic carbocycles. The number of rotatable bonds is 5. The van der Waals surface area contributed by atoms with Crippen molar-refractivity contribution in [2.45, 2.75) is 26.3 Å². The van der Waals surface area contributed by atoms with Gasteiger partial charge in [-0.2, -0.15) is 0 Å². The van der Waals surface area contributed by atoms with E-state index in [1.165, 1.54) is 5.56 Å². The van der Waals surface area contributed by atoms with Crippen LogP contribution in [0.5, 0.6) is 5.75 Å². The maximum absolute atomic E-state index is 12.1. The van der Waals surface area contributed by atoms with E-state index in [1.54, 1.807) is 7.11 Å². The van der Waals surface area contributed by atoms with Gasteiger partial charge in [-0.25, -0.2) is 0 Å². The highest BCUT2D eigenvalue weighted by Crippen LogP contribution is 2.14. The van der Waals surface area contributed by atoms with E-state index in [2.05, 4.69) is 24.4 Å². The molecule has 0 aromatic heterocycles. The molecule has 21 heavy (non-hydrogen) atoms. The van der Waals surface area contributed by atoms with Gasteiger partial charge in [0.2, 0.25) is 5.91 Å². The first-order valence-corrected chi connectivity index (χ1v) is 7.07. The highest BCUT2D eigenvalue weighted by atomic mass is 16.5. The summed E-state index contributed by atoms with van der Waals surface area (Å²) in [5.41, 5.74) is 3.31. The molecule has 0 heterocycles. The molecule has 0 fully saturated rings. The number of methoxy groups -OCH3 is 1. The van der Waals surface area contributed by atoms with Gasteiger partial charge in [0, 0.05) is 0 Å². The Bertz CT molecular complexity index is 588. The second-order valence-electron chi connectivity index (χ2n) is 5.22. The monoisotopic (exact) mass is 283 g/mol. The number of amides is 1.